The second-order valence-electron chi connectivity index (χ2n) is 5.66. The minimum Gasteiger partial charge on any atom is -0.350 e. The van der Waals surface area contributed by atoms with E-state index in [1.165, 1.54) is 30.6 Å². The normalized spacial score (nSPS) is 17.2. The molecule has 1 N–H and O–H groups in total. The maximum atomic E-state index is 12.3. The lowest BCUT2D eigenvalue weighted by molar-refractivity contribution is 0.0941. The van der Waals surface area contributed by atoms with E-state index in [2.05, 4.69) is 29.3 Å². The molecule has 1 aliphatic rings. The van der Waals surface area contributed by atoms with Gasteiger partial charge >= 0.3 is 0 Å². The lowest BCUT2D eigenvalue weighted by Crippen LogP contribution is -2.42. The molecule has 1 aromatic carbocycles. The minimum absolute atomic E-state index is 0.0637. The van der Waals surface area contributed by atoms with E-state index in [4.69, 9.17) is 0 Å². The fourth-order valence-electron chi connectivity index (χ4n) is 3.03. The van der Waals surface area contributed by atoms with Crippen molar-refractivity contribution in [1.82, 2.24) is 10.2 Å². The molecule has 0 radical (unpaired) electrons. The first-order chi connectivity index (χ1) is 10.3. The molecule has 3 rings (SSSR count). The van der Waals surface area contributed by atoms with Crippen molar-refractivity contribution >= 4 is 27.3 Å². The fraction of sp³-hybridized carbons (Fsp3) is 0.471. The molecular weight excluding hydrogens is 280 g/mol. The average Bonchev–Trinajstić information content (AvgIpc) is 3.16. The summed E-state index contributed by atoms with van der Waals surface area (Å²) >= 11 is 1.57. The maximum absolute atomic E-state index is 12.3. The fourth-order valence-corrected chi connectivity index (χ4v) is 4.01. The second kappa shape index (κ2) is 6.58. The number of carbonyl (C=O) groups excluding carboxylic acids is 1. The van der Waals surface area contributed by atoms with E-state index in [0.717, 1.165) is 23.2 Å². The Hall–Kier alpha value is -1.39. The van der Waals surface area contributed by atoms with Crippen LogP contribution in [0.5, 0.6) is 0 Å². The number of hydrogen-bond donors (Lipinski definition) is 1. The first-order valence-electron chi connectivity index (χ1n) is 7.78. The first kappa shape index (κ1) is 14.5. The number of carbonyl (C=O) groups is 1. The molecule has 1 aromatic heterocycles. The Morgan fingerprint density at radius 1 is 1.33 bits per heavy atom. The van der Waals surface area contributed by atoms with Crippen molar-refractivity contribution in [2.75, 3.05) is 19.6 Å². The van der Waals surface area contributed by atoms with Crippen LogP contribution in [0.4, 0.5) is 0 Å². The van der Waals surface area contributed by atoms with Crippen LogP contribution in [0.25, 0.3) is 10.1 Å². The molecular formula is C17H22N2OS. The van der Waals surface area contributed by atoms with Crippen LogP contribution in [-0.2, 0) is 0 Å². The van der Waals surface area contributed by atoms with Crippen LogP contribution in [0, 0.1) is 0 Å². The van der Waals surface area contributed by atoms with Gasteiger partial charge in [0.25, 0.3) is 5.91 Å². The molecule has 0 aliphatic carbocycles. The molecule has 2 aromatic rings. The van der Waals surface area contributed by atoms with E-state index in [-0.39, 0.29) is 5.91 Å². The van der Waals surface area contributed by atoms with Crippen LogP contribution in [0.3, 0.4) is 0 Å². The molecule has 1 fully saturated rings. The summed E-state index contributed by atoms with van der Waals surface area (Å²) in [6.45, 7) is 5.31. The molecule has 0 unspecified atom stereocenters. The standard InChI is InChI=1S/C17H22N2OS/c1-2-14(19-9-5-6-10-19)12-18-17(20)16-11-13-7-3-4-8-15(13)21-16/h3-4,7-8,11,14H,2,5-6,9-10,12H2,1H3,(H,18,20)/t14-/m0/s1. The Morgan fingerprint density at radius 3 is 2.81 bits per heavy atom. The van der Waals surface area contributed by atoms with Crippen LogP contribution in [0.1, 0.15) is 35.9 Å². The number of likely N-dealkylation sites (tertiary alicyclic amines) is 1. The quantitative estimate of drug-likeness (QED) is 0.916. The van der Waals surface area contributed by atoms with Gasteiger partial charge in [-0.05, 0) is 49.9 Å². The van der Waals surface area contributed by atoms with E-state index in [0.29, 0.717) is 6.04 Å². The minimum atomic E-state index is 0.0637. The predicted molar refractivity (Wildman–Crippen MR) is 89.0 cm³/mol. The van der Waals surface area contributed by atoms with Gasteiger partial charge in [0, 0.05) is 17.3 Å². The maximum Gasteiger partial charge on any atom is 0.261 e. The van der Waals surface area contributed by atoms with Gasteiger partial charge in [-0.2, -0.15) is 0 Å². The molecule has 0 saturated carbocycles. The van der Waals surface area contributed by atoms with Crippen molar-refractivity contribution < 1.29 is 4.79 Å². The number of fused-ring (bicyclic) bond motifs is 1. The summed E-state index contributed by atoms with van der Waals surface area (Å²) in [4.78, 5) is 15.6. The third-order valence-electron chi connectivity index (χ3n) is 4.28. The molecule has 2 heterocycles. The van der Waals surface area contributed by atoms with E-state index in [1.807, 2.05) is 18.2 Å². The van der Waals surface area contributed by atoms with Gasteiger partial charge in [-0.1, -0.05) is 25.1 Å². The number of nitrogens with zero attached hydrogens (tertiary/aromatic N) is 1. The number of amides is 1. The highest BCUT2D eigenvalue weighted by atomic mass is 32.1. The highest BCUT2D eigenvalue weighted by Crippen LogP contribution is 2.25. The zero-order valence-corrected chi connectivity index (χ0v) is 13.3. The summed E-state index contributed by atoms with van der Waals surface area (Å²) in [5.41, 5.74) is 0. The van der Waals surface area contributed by atoms with Crippen LogP contribution in [0.2, 0.25) is 0 Å². The van der Waals surface area contributed by atoms with Crippen LogP contribution in [-0.4, -0.2) is 36.5 Å². The van der Waals surface area contributed by atoms with Crippen molar-refractivity contribution in [3.8, 4) is 0 Å². The van der Waals surface area contributed by atoms with Gasteiger partial charge in [0.2, 0.25) is 0 Å². The smallest absolute Gasteiger partial charge is 0.261 e. The van der Waals surface area contributed by atoms with Crippen molar-refractivity contribution in [1.29, 1.82) is 0 Å². The Balaban J connectivity index is 1.62. The van der Waals surface area contributed by atoms with Crippen molar-refractivity contribution in [3.63, 3.8) is 0 Å². The number of thiophene rings is 1. The summed E-state index contributed by atoms with van der Waals surface area (Å²) in [5.74, 6) is 0.0637. The Kier molecular flexibility index (Phi) is 4.56. The second-order valence-corrected chi connectivity index (χ2v) is 6.75. The summed E-state index contributed by atoms with van der Waals surface area (Å²) in [6.07, 6.45) is 3.67. The zero-order chi connectivity index (χ0) is 14.7. The van der Waals surface area contributed by atoms with Crippen molar-refractivity contribution in [2.24, 2.45) is 0 Å². The molecule has 21 heavy (non-hydrogen) atoms. The molecule has 3 nitrogen and oxygen atoms in total. The highest BCUT2D eigenvalue weighted by Gasteiger charge is 2.21. The number of hydrogen-bond acceptors (Lipinski definition) is 3. The zero-order valence-electron chi connectivity index (χ0n) is 12.5. The lowest BCUT2D eigenvalue weighted by atomic mass is 10.2. The first-order valence-corrected chi connectivity index (χ1v) is 8.60. The average molecular weight is 302 g/mol. The monoisotopic (exact) mass is 302 g/mol. The summed E-state index contributed by atoms with van der Waals surface area (Å²) in [6, 6.07) is 10.6. The van der Waals surface area contributed by atoms with Gasteiger partial charge in [-0.15, -0.1) is 11.3 Å². The lowest BCUT2D eigenvalue weighted by Gasteiger charge is -2.26. The van der Waals surface area contributed by atoms with Gasteiger partial charge in [0.15, 0.2) is 0 Å². The van der Waals surface area contributed by atoms with Crippen LogP contribution >= 0.6 is 11.3 Å². The van der Waals surface area contributed by atoms with Gasteiger partial charge in [0.05, 0.1) is 4.88 Å². The Labute approximate surface area is 130 Å². The number of rotatable bonds is 5. The van der Waals surface area contributed by atoms with Gasteiger partial charge in [-0.25, -0.2) is 0 Å². The molecule has 1 aliphatic heterocycles. The summed E-state index contributed by atoms with van der Waals surface area (Å²) in [7, 11) is 0. The van der Waals surface area contributed by atoms with Crippen LogP contribution in [0.15, 0.2) is 30.3 Å². The molecule has 4 heteroatoms. The van der Waals surface area contributed by atoms with Gasteiger partial charge < -0.3 is 5.32 Å². The predicted octanol–water partition coefficient (Wildman–Crippen LogP) is 3.51. The van der Waals surface area contributed by atoms with Gasteiger partial charge in [0.1, 0.15) is 0 Å². The third kappa shape index (κ3) is 3.27. The topological polar surface area (TPSA) is 32.3 Å². The third-order valence-corrected chi connectivity index (χ3v) is 5.39. The SMILES string of the molecule is CC[C@@H](CNC(=O)c1cc2ccccc2s1)N1CCCC1. The van der Waals surface area contributed by atoms with E-state index in [1.54, 1.807) is 11.3 Å². The summed E-state index contributed by atoms with van der Waals surface area (Å²) in [5, 5.41) is 4.27. The molecule has 1 amide bonds. The van der Waals surface area contributed by atoms with Crippen LogP contribution < -0.4 is 5.32 Å². The van der Waals surface area contributed by atoms with Gasteiger partial charge in [-0.3, -0.25) is 9.69 Å². The van der Waals surface area contributed by atoms with Crippen molar-refractivity contribution in [3.05, 3.63) is 35.2 Å². The Bertz CT molecular complexity index is 583. The molecule has 1 saturated heterocycles. The van der Waals surface area contributed by atoms with Crippen molar-refractivity contribution in [2.45, 2.75) is 32.2 Å². The van der Waals surface area contributed by atoms with E-state index >= 15 is 0 Å². The van der Waals surface area contributed by atoms with E-state index in [9.17, 15) is 4.79 Å². The molecule has 1 atom stereocenters. The highest BCUT2D eigenvalue weighted by molar-refractivity contribution is 7.20. The number of nitrogens with one attached hydrogen (secondary N) is 1. The van der Waals surface area contributed by atoms with E-state index < -0.39 is 0 Å². The Morgan fingerprint density at radius 2 is 2.10 bits per heavy atom. The molecule has 0 bridgehead atoms. The molecule has 112 valence electrons. The largest absolute Gasteiger partial charge is 0.350 e. The molecule has 0 spiro atoms. The summed E-state index contributed by atoms with van der Waals surface area (Å²) < 4.78 is 1.18. The number of benzene rings is 1.